The molecule has 7 heteroatoms. The third kappa shape index (κ3) is 3.44. The van der Waals surface area contributed by atoms with E-state index in [2.05, 4.69) is 14.9 Å². The molecule has 2 aromatic rings. The molecule has 2 aliphatic carbocycles. The van der Waals surface area contributed by atoms with Crippen molar-refractivity contribution in [3.8, 4) is 5.75 Å². The van der Waals surface area contributed by atoms with Gasteiger partial charge in [-0.05, 0) is 80.3 Å². The summed E-state index contributed by atoms with van der Waals surface area (Å²) in [5, 5.41) is 22.8. The first-order chi connectivity index (χ1) is 16.0. The van der Waals surface area contributed by atoms with Crippen LogP contribution in [0.15, 0.2) is 36.7 Å². The summed E-state index contributed by atoms with van der Waals surface area (Å²) in [6.45, 7) is 3.15. The lowest BCUT2D eigenvalue weighted by Crippen LogP contribution is -2.71. The molecule has 0 spiro atoms. The van der Waals surface area contributed by atoms with Crippen molar-refractivity contribution in [1.82, 2.24) is 19.8 Å². The van der Waals surface area contributed by atoms with Gasteiger partial charge in [0, 0.05) is 43.5 Å². The van der Waals surface area contributed by atoms with Gasteiger partial charge in [0.2, 0.25) is 5.91 Å². The number of hydrogen-bond acceptors (Lipinski definition) is 6. The van der Waals surface area contributed by atoms with Crippen molar-refractivity contribution in [3.63, 3.8) is 0 Å². The number of likely N-dealkylation sites (tertiary alicyclic amines) is 2. The molecule has 0 unspecified atom stereocenters. The van der Waals surface area contributed by atoms with Crippen LogP contribution in [-0.4, -0.2) is 73.7 Å². The maximum absolute atomic E-state index is 13.2. The van der Waals surface area contributed by atoms with Gasteiger partial charge < -0.3 is 15.1 Å². The van der Waals surface area contributed by atoms with Crippen LogP contribution in [0.5, 0.6) is 5.75 Å². The molecule has 1 amide bonds. The Kier molecular flexibility index (Phi) is 4.96. The van der Waals surface area contributed by atoms with Gasteiger partial charge in [0.15, 0.2) is 0 Å². The van der Waals surface area contributed by atoms with Crippen molar-refractivity contribution in [3.05, 3.63) is 53.6 Å². The number of phenolic OH excluding ortho intramolecular Hbond substituents is 1. The molecular formula is C26H32N4O3. The Morgan fingerprint density at radius 2 is 1.85 bits per heavy atom. The van der Waals surface area contributed by atoms with E-state index in [-0.39, 0.29) is 24.1 Å². The van der Waals surface area contributed by atoms with Gasteiger partial charge in [-0.1, -0.05) is 6.07 Å². The summed E-state index contributed by atoms with van der Waals surface area (Å²) in [6, 6.07) is 7.49. The van der Waals surface area contributed by atoms with Gasteiger partial charge in [0.05, 0.1) is 12.0 Å². The predicted octanol–water partition coefficient (Wildman–Crippen LogP) is 2.06. The average molecular weight is 449 g/mol. The van der Waals surface area contributed by atoms with Crippen LogP contribution in [0.1, 0.15) is 49.1 Å². The molecule has 1 saturated carbocycles. The minimum Gasteiger partial charge on any atom is -0.508 e. The monoisotopic (exact) mass is 448 g/mol. The molecule has 33 heavy (non-hydrogen) atoms. The second-order valence-electron chi connectivity index (χ2n) is 10.5. The van der Waals surface area contributed by atoms with Crippen molar-refractivity contribution in [2.75, 3.05) is 26.2 Å². The third-order valence-corrected chi connectivity index (χ3v) is 8.71. The normalized spacial score (nSPS) is 31.4. The highest BCUT2D eigenvalue weighted by Gasteiger charge is 2.63. The highest BCUT2D eigenvalue weighted by Crippen LogP contribution is 2.56. The van der Waals surface area contributed by atoms with Crippen LogP contribution in [0.2, 0.25) is 0 Å². The number of piperidine rings is 1. The number of fused-ring (bicyclic) bond motifs is 1. The largest absolute Gasteiger partial charge is 0.508 e. The lowest BCUT2D eigenvalue weighted by atomic mass is 9.52. The number of aromatic nitrogens is 2. The molecule has 2 bridgehead atoms. The van der Waals surface area contributed by atoms with Crippen LogP contribution < -0.4 is 0 Å². The number of benzene rings is 1. The lowest BCUT2D eigenvalue weighted by molar-refractivity contribution is -0.149. The second kappa shape index (κ2) is 7.77. The van der Waals surface area contributed by atoms with Gasteiger partial charge >= 0.3 is 0 Å². The van der Waals surface area contributed by atoms with Gasteiger partial charge in [-0.25, -0.2) is 9.97 Å². The van der Waals surface area contributed by atoms with Crippen LogP contribution in [0.25, 0.3) is 0 Å². The van der Waals surface area contributed by atoms with Crippen molar-refractivity contribution in [2.24, 2.45) is 5.92 Å². The smallest absolute Gasteiger partial charge is 0.230 e. The van der Waals surface area contributed by atoms with E-state index in [1.54, 1.807) is 24.5 Å². The number of amides is 1. The molecule has 1 aromatic carbocycles. The summed E-state index contributed by atoms with van der Waals surface area (Å²) in [5.74, 6) is 1.56. The van der Waals surface area contributed by atoms with E-state index in [9.17, 15) is 15.0 Å². The molecule has 3 atom stereocenters. The standard InChI is InChI=1S/C26H32N4O3/c31-20-5-4-19-14-22-26(33)8-13-29(24(32)16-23-27-9-1-10-28-23)11-6-25(26,21(19)15-20)7-12-30(22)17-18-2-3-18/h1,4-5,9-10,15,18,22,31,33H,2-3,6-8,11-14,16-17H2/t22-,25+,26-/m1/s1. The fourth-order valence-electron chi connectivity index (χ4n) is 6.78. The molecule has 2 aliphatic heterocycles. The molecule has 3 heterocycles. The third-order valence-electron chi connectivity index (χ3n) is 8.71. The Hall–Kier alpha value is -2.51. The van der Waals surface area contributed by atoms with Gasteiger partial charge in [0.25, 0.3) is 0 Å². The molecule has 6 rings (SSSR count). The van der Waals surface area contributed by atoms with Gasteiger partial charge in [-0.2, -0.15) is 0 Å². The first-order valence-corrected chi connectivity index (χ1v) is 12.3. The summed E-state index contributed by atoms with van der Waals surface area (Å²) in [7, 11) is 0. The van der Waals surface area contributed by atoms with Crippen LogP contribution >= 0.6 is 0 Å². The summed E-state index contributed by atoms with van der Waals surface area (Å²) in [5.41, 5.74) is 0.968. The molecule has 174 valence electrons. The lowest BCUT2D eigenvalue weighted by Gasteiger charge is -2.61. The summed E-state index contributed by atoms with van der Waals surface area (Å²) < 4.78 is 0. The van der Waals surface area contributed by atoms with E-state index in [1.165, 1.54) is 18.4 Å². The van der Waals surface area contributed by atoms with E-state index in [4.69, 9.17) is 0 Å². The topological polar surface area (TPSA) is 89.8 Å². The summed E-state index contributed by atoms with van der Waals surface area (Å²) >= 11 is 0. The van der Waals surface area contributed by atoms with Crippen molar-refractivity contribution < 1.29 is 15.0 Å². The second-order valence-corrected chi connectivity index (χ2v) is 10.5. The van der Waals surface area contributed by atoms with Crippen LogP contribution in [0.4, 0.5) is 0 Å². The Bertz CT molecular complexity index is 1060. The fourth-order valence-corrected chi connectivity index (χ4v) is 6.78. The summed E-state index contributed by atoms with van der Waals surface area (Å²) in [4.78, 5) is 26.0. The molecule has 2 N–H and O–H groups in total. The highest BCUT2D eigenvalue weighted by atomic mass is 16.3. The summed E-state index contributed by atoms with van der Waals surface area (Å²) in [6.07, 6.45) is 9.00. The van der Waals surface area contributed by atoms with Crippen LogP contribution in [0, 0.1) is 5.92 Å². The number of aliphatic hydroxyl groups is 1. The van der Waals surface area contributed by atoms with E-state index in [0.29, 0.717) is 31.8 Å². The Labute approximate surface area is 194 Å². The Morgan fingerprint density at radius 1 is 1.09 bits per heavy atom. The van der Waals surface area contributed by atoms with Crippen molar-refractivity contribution in [2.45, 2.75) is 62.0 Å². The Morgan fingerprint density at radius 3 is 2.64 bits per heavy atom. The predicted molar refractivity (Wildman–Crippen MR) is 123 cm³/mol. The first-order valence-electron chi connectivity index (χ1n) is 12.3. The minimum atomic E-state index is -0.917. The number of phenols is 1. The average Bonchev–Trinajstić information content (AvgIpc) is 3.63. The first kappa shape index (κ1) is 21.1. The van der Waals surface area contributed by atoms with Crippen LogP contribution in [0.3, 0.4) is 0 Å². The van der Waals surface area contributed by atoms with E-state index < -0.39 is 11.0 Å². The maximum atomic E-state index is 13.2. The highest BCUT2D eigenvalue weighted by molar-refractivity contribution is 5.78. The zero-order chi connectivity index (χ0) is 22.6. The number of carbonyl (C=O) groups is 1. The van der Waals surface area contributed by atoms with Gasteiger partial charge in [0.1, 0.15) is 11.6 Å². The number of rotatable bonds is 4. The molecule has 3 fully saturated rings. The number of hydrogen-bond donors (Lipinski definition) is 2. The molecule has 0 radical (unpaired) electrons. The van der Waals surface area contributed by atoms with E-state index >= 15 is 0 Å². The fraction of sp³-hybridized carbons (Fsp3) is 0.577. The molecule has 4 aliphatic rings. The Balaban J connectivity index is 1.34. The number of nitrogens with zero attached hydrogens (tertiary/aromatic N) is 4. The zero-order valence-corrected chi connectivity index (χ0v) is 19.0. The number of carbonyl (C=O) groups excluding carboxylic acids is 1. The number of aromatic hydroxyl groups is 1. The van der Waals surface area contributed by atoms with E-state index in [0.717, 1.165) is 37.4 Å². The zero-order valence-electron chi connectivity index (χ0n) is 19.0. The minimum absolute atomic E-state index is 0.0142. The van der Waals surface area contributed by atoms with Gasteiger partial charge in [-0.15, -0.1) is 0 Å². The van der Waals surface area contributed by atoms with Crippen molar-refractivity contribution in [1.29, 1.82) is 0 Å². The van der Waals surface area contributed by atoms with Crippen molar-refractivity contribution >= 4 is 5.91 Å². The molecule has 2 saturated heterocycles. The quantitative estimate of drug-likeness (QED) is 0.744. The maximum Gasteiger partial charge on any atom is 0.230 e. The molecule has 1 aromatic heterocycles. The molecule has 7 nitrogen and oxygen atoms in total. The van der Waals surface area contributed by atoms with E-state index in [1.807, 2.05) is 17.0 Å². The van der Waals surface area contributed by atoms with Crippen LogP contribution in [-0.2, 0) is 23.1 Å². The SMILES string of the molecule is O=C(Cc1ncccn1)N1CC[C@]23CCN(CC4CC4)[C@H](Cc4ccc(O)cc42)[C@]3(O)CC1. The van der Waals surface area contributed by atoms with Gasteiger partial charge in [-0.3, -0.25) is 9.69 Å². The molecular weight excluding hydrogens is 416 g/mol.